The highest BCUT2D eigenvalue weighted by Crippen LogP contribution is 2.34. The maximum atomic E-state index is 13.5. The van der Waals surface area contributed by atoms with E-state index in [1.165, 1.54) is 0 Å². The molecular formula is C25H27F3N4O2S. The Morgan fingerprint density at radius 3 is 2.66 bits per heavy atom. The van der Waals surface area contributed by atoms with Crippen LogP contribution in [0.4, 0.5) is 19.0 Å². The number of anilines is 1. The van der Waals surface area contributed by atoms with Gasteiger partial charge in [0.25, 0.3) is 5.91 Å². The van der Waals surface area contributed by atoms with Crippen LogP contribution in [0.15, 0.2) is 58.1 Å². The van der Waals surface area contributed by atoms with Gasteiger partial charge in [0.05, 0.1) is 5.75 Å². The number of thioether (sulfide) groups is 1. The van der Waals surface area contributed by atoms with Crippen LogP contribution in [-0.4, -0.2) is 40.4 Å². The van der Waals surface area contributed by atoms with Gasteiger partial charge in [-0.2, -0.15) is 13.2 Å². The number of aromatic nitrogens is 2. The van der Waals surface area contributed by atoms with E-state index in [1.54, 1.807) is 24.1 Å². The molecule has 1 atom stereocenters. The fraction of sp³-hybridized carbons (Fsp3) is 0.400. The van der Waals surface area contributed by atoms with E-state index in [-0.39, 0.29) is 28.6 Å². The SMILES string of the molecule is CC1CCCCN1c1cc(C(F)(F)F)nc(SCc2ccc(C(=O)N(C)Cc3ccccc3)o2)n1. The summed E-state index contributed by atoms with van der Waals surface area (Å²) in [6.45, 7) is 3.09. The van der Waals surface area contributed by atoms with Gasteiger partial charge in [-0.1, -0.05) is 42.1 Å². The molecule has 1 aliphatic rings. The summed E-state index contributed by atoms with van der Waals surface area (Å²) in [6, 6.07) is 14.0. The Kier molecular flexibility index (Phi) is 7.69. The molecule has 3 heterocycles. The fourth-order valence-corrected chi connectivity index (χ4v) is 4.78. The molecule has 1 unspecified atom stereocenters. The standard InChI is InChI=1S/C25H27F3N4O2S/c1-17-8-6-7-13-32(17)22-14-21(25(26,27)28)29-24(30-22)35-16-19-11-12-20(34-19)23(33)31(2)15-18-9-4-3-5-10-18/h3-5,9-12,14,17H,6-8,13,15-16H2,1-2H3. The van der Waals surface area contributed by atoms with Crippen molar-refractivity contribution in [2.24, 2.45) is 0 Å². The first kappa shape index (κ1) is 25.1. The topological polar surface area (TPSA) is 62.5 Å². The lowest BCUT2D eigenvalue weighted by Gasteiger charge is -2.34. The molecule has 0 N–H and O–H groups in total. The number of furan rings is 1. The Morgan fingerprint density at radius 2 is 1.94 bits per heavy atom. The van der Waals surface area contributed by atoms with Crippen LogP contribution >= 0.6 is 11.8 Å². The summed E-state index contributed by atoms with van der Waals surface area (Å²) in [7, 11) is 1.69. The van der Waals surface area contributed by atoms with Gasteiger partial charge in [-0.15, -0.1) is 0 Å². The minimum absolute atomic E-state index is 0.0260. The molecule has 0 bridgehead atoms. The Bertz CT molecular complexity index is 1150. The zero-order valence-electron chi connectivity index (χ0n) is 19.6. The number of nitrogens with zero attached hydrogens (tertiary/aromatic N) is 4. The molecule has 3 aromatic rings. The molecular weight excluding hydrogens is 477 g/mol. The third-order valence-corrected chi connectivity index (χ3v) is 6.77. The molecule has 1 aliphatic heterocycles. The van der Waals surface area contributed by atoms with Crippen LogP contribution in [0, 0.1) is 0 Å². The lowest BCUT2D eigenvalue weighted by Crippen LogP contribution is -2.38. The predicted molar refractivity (Wildman–Crippen MR) is 128 cm³/mol. The van der Waals surface area contributed by atoms with E-state index >= 15 is 0 Å². The minimum Gasteiger partial charge on any atom is -0.455 e. The maximum Gasteiger partial charge on any atom is 0.433 e. The van der Waals surface area contributed by atoms with E-state index in [2.05, 4.69) is 9.97 Å². The molecule has 1 aromatic carbocycles. The van der Waals surface area contributed by atoms with Gasteiger partial charge >= 0.3 is 6.18 Å². The Morgan fingerprint density at radius 1 is 1.17 bits per heavy atom. The molecule has 6 nitrogen and oxygen atoms in total. The van der Waals surface area contributed by atoms with Crippen molar-refractivity contribution in [3.63, 3.8) is 0 Å². The largest absolute Gasteiger partial charge is 0.455 e. The Hall–Kier alpha value is -3.01. The number of benzene rings is 1. The van der Waals surface area contributed by atoms with Crippen molar-refractivity contribution in [3.05, 3.63) is 71.3 Å². The smallest absolute Gasteiger partial charge is 0.433 e. The van der Waals surface area contributed by atoms with Gasteiger partial charge in [-0.25, -0.2) is 9.97 Å². The van der Waals surface area contributed by atoms with E-state index in [4.69, 9.17) is 4.42 Å². The maximum absolute atomic E-state index is 13.5. The molecule has 1 amide bonds. The summed E-state index contributed by atoms with van der Waals surface area (Å²) >= 11 is 1.05. The normalized spacial score (nSPS) is 16.4. The second-order valence-corrected chi connectivity index (χ2v) is 9.57. The van der Waals surface area contributed by atoms with Gasteiger partial charge in [-0.3, -0.25) is 4.79 Å². The van der Waals surface area contributed by atoms with E-state index in [9.17, 15) is 18.0 Å². The number of rotatable bonds is 7. The molecule has 2 aromatic heterocycles. The first-order valence-corrected chi connectivity index (χ1v) is 12.4. The van der Waals surface area contributed by atoms with E-state index in [1.807, 2.05) is 42.2 Å². The molecule has 0 aliphatic carbocycles. The number of piperidine rings is 1. The first-order chi connectivity index (χ1) is 16.7. The zero-order chi connectivity index (χ0) is 25.0. The van der Waals surface area contributed by atoms with Crippen LogP contribution in [0.2, 0.25) is 0 Å². The van der Waals surface area contributed by atoms with Crippen molar-refractivity contribution in [3.8, 4) is 0 Å². The van der Waals surface area contributed by atoms with E-state index in [0.29, 0.717) is 24.7 Å². The van der Waals surface area contributed by atoms with Crippen LogP contribution in [0.1, 0.15) is 53.8 Å². The third-order valence-electron chi connectivity index (χ3n) is 5.91. The summed E-state index contributed by atoms with van der Waals surface area (Å²) < 4.78 is 46.2. The van der Waals surface area contributed by atoms with Gasteiger partial charge in [-0.05, 0) is 43.9 Å². The molecule has 1 saturated heterocycles. The number of halogens is 3. The Labute approximate surface area is 206 Å². The average Bonchev–Trinajstić information content (AvgIpc) is 3.31. The van der Waals surface area contributed by atoms with Gasteiger partial charge < -0.3 is 14.2 Å². The summed E-state index contributed by atoms with van der Waals surface area (Å²) in [5.41, 5.74) is 0.0341. The molecule has 0 saturated carbocycles. The number of carbonyl (C=O) groups excluding carboxylic acids is 1. The number of amides is 1. The van der Waals surface area contributed by atoms with Crippen LogP contribution in [0.5, 0.6) is 0 Å². The zero-order valence-corrected chi connectivity index (χ0v) is 20.4. The highest BCUT2D eigenvalue weighted by atomic mass is 32.2. The fourth-order valence-electron chi connectivity index (χ4n) is 4.03. The van der Waals surface area contributed by atoms with Gasteiger partial charge in [0.15, 0.2) is 16.6 Å². The third kappa shape index (κ3) is 6.36. The lowest BCUT2D eigenvalue weighted by molar-refractivity contribution is -0.141. The first-order valence-electron chi connectivity index (χ1n) is 11.4. The van der Waals surface area contributed by atoms with Crippen molar-refractivity contribution in [1.29, 1.82) is 0 Å². The summed E-state index contributed by atoms with van der Waals surface area (Å²) in [5, 5.41) is 0.0260. The molecule has 1 fully saturated rings. The predicted octanol–water partition coefficient (Wildman–Crippen LogP) is 6.03. The van der Waals surface area contributed by atoms with Crippen LogP contribution in [-0.2, 0) is 18.5 Å². The number of carbonyl (C=O) groups is 1. The van der Waals surface area contributed by atoms with E-state index < -0.39 is 11.9 Å². The van der Waals surface area contributed by atoms with Crippen molar-refractivity contribution in [2.45, 2.75) is 55.9 Å². The quantitative estimate of drug-likeness (QED) is 0.289. The second-order valence-electron chi connectivity index (χ2n) is 8.63. The highest BCUT2D eigenvalue weighted by Gasteiger charge is 2.35. The van der Waals surface area contributed by atoms with Crippen LogP contribution in [0.25, 0.3) is 0 Å². The Balaban J connectivity index is 1.45. The molecule has 0 radical (unpaired) electrons. The summed E-state index contributed by atoms with van der Waals surface area (Å²) in [4.78, 5) is 24.3. The lowest BCUT2D eigenvalue weighted by atomic mass is 10.0. The molecule has 4 rings (SSSR count). The van der Waals surface area contributed by atoms with Crippen molar-refractivity contribution in [1.82, 2.24) is 14.9 Å². The minimum atomic E-state index is -4.57. The number of hydrogen-bond donors (Lipinski definition) is 0. The molecule has 186 valence electrons. The highest BCUT2D eigenvalue weighted by molar-refractivity contribution is 7.98. The average molecular weight is 505 g/mol. The van der Waals surface area contributed by atoms with Crippen molar-refractivity contribution in [2.75, 3.05) is 18.5 Å². The van der Waals surface area contributed by atoms with Crippen LogP contribution in [0.3, 0.4) is 0 Å². The van der Waals surface area contributed by atoms with E-state index in [0.717, 1.165) is 42.7 Å². The molecule has 35 heavy (non-hydrogen) atoms. The van der Waals surface area contributed by atoms with Gasteiger partial charge in [0.2, 0.25) is 0 Å². The van der Waals surface area contributed by atoms with Crippen molar-refractivity contribution < 1.29 is 22.4 Å². The van der Waals surface area contributed by atoms with Gasteiger partial charge in [0.1, 0.15) is 11.6 Å². The molecule has 0 spiro atoms. The van der Waals surface area contributed by atoms with Crippen molar-refractivity contribution >= 4 is 23.5 Å². The second kappa shape index (κ2) is 10.7. The number of alkyl halides is 3. The van der Waals surface area contributed by atoms with Gasteiger partial charge in [0, 0.05) is 32.2 Å². The monoisotopic (exact) mass is 504 g/mol. The number of hydrogen-bond acceptors (Lipinski definition) is 6. The summed E-state index contributed by atoms with van der Waals surface area (Å²) in [5.74, 6) is 0.847. The van der Waals surface area contributed by atoms with Crippen LogP contribution < -0.4 is 4.90 Å². The molecule has 10 heteroatoms. The summed E-state index contributed by atoms with van der Waals surface area (Å²) in [6.07, 6.45) is -1.69.